The van der Waals surface area contributed by atoms with E-state index >= 15 is 0 Å². The van der Waals surface area contributed by atoms with Gasteiger partial charge in [-0.05, 0) is 38.8 Å². The maximum absolute atomic E-state index is 11.9. The average molecular weight is 386 g/mol. The van der Waals surface area contributed by atoms with Gasteiger partial charge in [-0.2, -0.15) is 0 Å². The Bertz CT molecular complexity index is 700. The standard InChI is InChI=1S/C21H31N5O2/c1-3-22-21(23-12-14-26-19(27)5-4-6-20(26)28)24-17-11-13-25(15-17)18-9-7-16(2)8-10-18/h7-10,17H,3-6,11-15H2,1-2H3,(H2,22,23,24). The van der Waals surface area contributed by atoms with Crippen LogP contribution in [0.25, 0.3) is 0 Å². The summed E-state index contributed by atoms with van der Waals surface area (Å²) in [5.41, 5.74) is 2.52. The number of anilines is 1. The highest BCUT2D eigenvalue weighted by molar-refractivity contribution is 5.97. The van der Waals surface area contributed by atoms with Gasteiger partial charge in [0.25, 0.3) is 0 Å². The topological polar surface area (TPSA) is 77.0 Å². The van der Waals surface area contributed by atoms with E-state index in [1.807, 2.05) is 6.92 Å². The Hall–Kier alpha value is -2.57. The van der Waals surface area contributed by atoms with Gasteiger partial charge in [0.1, 0.15) is 0 Å². The molecule has 28 heavy (non-hydrogen) atoms. The molecule has 0 saturated carbocycles. The fourth-order valence-corrected chi connectivity index (χ4v) is 3.69. The van der Waals surface area contributed by atoms with Crippen molar-refractivity contribution in [3.8, 4) is 0 Å². The van der Waals surface area contributed by atoms with Crippen molar-refractivity contribution in [1.82, 2.24) is 15.5 Å². The second-order valence-electron chi connectivity index (χ2n) is 7.46. The molecule has 2 N–H and O–H groups in total. The minimum absolute atomic E-state index is 0.0751. The molecule has 0 spiro atoms. The van der Waals surface area contributed by atoms with Crippen molar-refractivity contribution < 1.29 is 9.59 Å². The summed E-state index contributed by atoms with van der Waals surface area (Å²) in [5, 5.41) is 6.76. The Morgan fingerprint density at radius 2 is 1.89 bits per heavy atom. The zero-order valence-electron chi connectivity index (χ0n) is 16.9. The molecule has 0 aromatic heterocycles. The third-order valence-electron chi connectivity index (χ3n) is 5.25. The number of piperidine rings is 1. The summed E-state index contributed by atoms with van der Waals surface area (Å²) in [6.07, 6.45) is 2.64. The van der Waals surface area contributed by atoms with Gasteiger partial charge >= 0.3 is 0 Å². The van der Waals surface area contributed by atoms with Crippen molar-refractivity contribution in [1.29, 1.82) is 0 Å². The Morgan fingerprint density at radius 3 is 2.57 bits per heavy atom. The van der Waals surface area contributed by atoms with E-state index in [9.17, 15) is 9.59 Å². The van der Waals surface area contributed by atoms with Gasteiger partial charge in [0, 0.05) is 50.7 Å². The monoisotopic (exact) mass is 385 g/mol. The molecule has 0 radical (unpaired) electrons. The molecule has 7 heteroatoms. The zero-order valence-corrected chi connectivity index (χ0v) is 16.9. The number of amides is 2. The first-order valence-corrected chi connectivity index (χ1v) is 10.3. The molecule has 1 aromatic rings. The predicted molar refractivity (Wildman–Crippen MR) is 111 cm³/mol. The van der Waals surface area contributed by atoms with Crippen LogP contribution in [0.3, 0.4) is 0 Å². The van der Waals surface area contributed by atoms with E-state index < -0.39 is 0 Å². The van der Waals surface area contributed by atoms with Gasteiger partial charge in [0.05, 0.1) is 6.54 Å². The Kier molecular flexibility index (Phi) is 6.90. The molecule has 2 heterocycles. The summed E-state index contributed by atoms with van der Waals surface area (Å²) in [6, 6.07) is 8.94. The Balaban J connectivity index is 1.52. The van der Waals surface area contributed by atoms with Gasteiger partial charge in [-0.25, -0.2) is 0 Å². The van der Waals surface area contributed by atoms with Crippen molar-refractivity contribution in [2.45, 2.75) is 45.6 Å². The third kappa shape index (κ3) is 5.24. The van der Waals surface area contributed by atoms with Crippen LogP contribution in [-0.2, 0) is 9.59 Å². The van der Waals surface area contributed by atoms with Crippen molar-refractivity contribution >= 4 is 23.5 Å². The second kappa shape index (κ2) is 9.57. The second-order valence-corrected chi connectivity index (χ2v) is 7.46. The highest BCUT2D eigenvalue weighted by Gasteiger charge is 2.26. The average Bonchev–Trinajstić information content (AvgIpc) is 3.13. The molecule has 1 unspecified atom stereocenters. The van der Waals surface area contributed by atoms with E-state index in [0.717, 1.165) is 32.0 Å². The number of hydrogen-bond acceptors (Lipinski definition) is 4. The molecule has 0 bridgehead atoms. The lowest BCUT2D eigenvalue weighted by atomic mass is 10.1. The molecule has 2 aliphatic rings. The van der Waals surface area contributed by atoms with Crippen LogP contribution in [0.1, 0.15) is 38.2 Å². The molecule has 2 saturated heterocycles. The summed E-state index contributed by atoms with van der Waals surface area (Å²) in [5.74, 6) is 0.595. The Morgan fingerprint density at radius 1 is 1.18 bits per heavy atom. The summed E-state index contributed by atoms with van der Waals surface area (Å²) >= 11 is 0. The van der Waals surface area contributed by atoms with E-state index in [0.29, 0.717) is 38.4 Å². The lowest BCUT2D eigenvalue weighted by Crippen LogP contribution is -2.45. The van der Waals surface area contributed by atoms with Crippen LogP contribution in [0.4, 0.5) is 5.69 Å². The minimum atomic E-state index is -0.0751. The molecular weight excluding hydrogens is 354 g/mol. The van der Waals surface area contributed by atoms with Crippen molar-refractivity contribution in [3.05, 3.63) is 29.8 Å². The largest absolute Gasteiger partial charge is 0.369 e. The summed E-state index contributed by atoms with van der Waals surface area (Å²) in [6.45, 7) is 7.61. The SMILES string of the molecule is CCNC(=NCCN1C(=O)CCCC1=O)NC1CCN(c2ccc(C)cc2)C1. The van der Waals surface area contributed by atoms with Gasteiger partial charge in [-0.3, -0.25) is 19.5 Å². The van der Waals surface area contributed by atoms with Crippen LogP contribution in [-0.4, -0.2) is 61.4 Å². The summed E-state index contributed by atoms with van der Waals surface area (Å²) < 4.78 is 0. The van der Waals surface area contributed by atoms with Crippen LogP contribution >= 0.6 is 0 Å². The number of guanidine groups is 1. The number of imide groups is 1. The van der Waals surface area contributed by atoms with Crippen molar-refractivity contribution in [2.24, 2.45) is 4.99 Å². The number of carbonyl (C=O) groups excluding carboxylic acids is 2. The molecular formula is C21H31N5O2. The van der Waals surface area contributed by atoms with E-state index in [1.54, 1.807) is 0 Å². The van der Waals surface area contributed by atoms with E-state index in [4.69, 9.17) is 0 Å². The molecule has 3 rings (SSSR count). The molecule has 7 nitrogen and oxygen atoms in total. The Labute approximate surface area is 167 Å². The molecule has 0 aliphatic carbocycles. The quantitative estimate of drug-likeness (QED) is 0.443. The summed E-state index contributed by atoms with van der Waals surface area (Å²) in [7, 11) is 0. The molecule has 1 aromatic carbocycles. The lowest BCUT2D eigenvalue weighted by molar-refractivity contribution is -0.147. The first kappa shape index (κ1) is 20.2. The fraction of sp³-hybridized carbons (Fsp3) is 0.571. The van der Waals surface area contributed by atoms with Crippen LogP contribution in [0.15, 0.2) is 29.3 Å². The number of benzene rings is 1. The predicted octanol–water partition coefficient (Wildman–Crippen LogP) is 1.67. The first-order chi connectivity index (χ1) is 13.6. The number of hydrogen-bond donors (Lipinski definition) is 2. The zero-order chi connectivity index (χ0) is 19.9. The number of aliphatic imine (C=N–C) groups is 1. The molecule has 152 valence electrons. The van der Waals surface area contributed by atoms with E-state index in [1.165, 1.54) is 16.2 Å². The smallest absolute Gasteiger partial charge is 0.229 e. The van der Waals surface area contributed by atoms with Gasteiger partial charge < -0.3 is 15.5 Å². The minimum Gasteiger partial charge on any atom is -0.369 e. The van der Waals surface area contributed by atoms with Crippen LogP contribution in [0.2, 0.25) is 0 Å². The van der Waals surface area contributed by atoms with E-state index in [2.05, 4.69) is 51.7 Å². The van der Waals surface area contributed by atoms with Gasteiger partial charge in [-0.15, -0.1) is 0 Å². The normalized spacial score (nSPS) is 20.6. The van der Waals surface area contributed by atoms with Gasteiger partial charge in [0.15, 0.2) is 5.96 Å². The maximum atomic E-state index is 11.9. The van der Waals surface area contributed by atoms with E-state index in [-0.39, 0.29) is 11.8 Å². The van der Waals surface area contributed by atoms with Crippen molar-refractivity contribution in [2.75, 3.05) is 37.6 Å². The highest BCUT2D eigenvalue weighted by atomic mass is 16.2. The number of rotatable bonds is 6. The number of carbonyl (C=O) groups is 2. The number of aryl methyl sites for hydroxylation is 1. The number of likely N-dealkylation sites (tertiary alicyclic amines) is 1. The molecule has 2 aliphatic heterocycles. The van der Waals surface area contributed by atoms with Crippen LogP contribution in [0.5, 0.6) is 0 Å². The summed E-state index contributed by atoms with van der Waals surface area (Å²) in [4.78, 5) is 32.1. The van der Waals surface area contributed by atoms with Crippen LogP contribution in [0, 0.1) is 6.92 Å². The fourth-order valence-electron chi connectivity index (χ4n) is 3.69. The maximum Gasteiger partial charge on any atom is 0.229 e. The highest BCUT2D eigenvalue weighted by Crippen LogP contribution is 2.20. The van der Waals surface area contributed by atoms with Crippen molar-refractivity contribution in [3.63, 3.8) is 0 Å². The van der Waals surface area contributed by atoms with Crippen LogP contribution < -0.4 is 15.5 Å². The molecule has 1 atom stereocenters. The van der Waals surface area contributed by atoms with Gasteiger partial charge in [0.2, 0.25) is 11.8 Å². The number of nitrogens with zero attached hydrogens (tertiary/aromatic N) is 3. The lowest BCUT2D eigenvalue weighted by Gasteiger charge is -2.24. The molecule has 2 amide bonds. The third-order valence-corrected chi connectivity index (χ3v) is 5.25. The number of nitrogens with one attached hydrogen (secondary N) is 2. The molecule has 2 fully saturated rings. The van der Waals surface area contributed by atoms with Gasteiger partial charge in [-0.1, -0.05) is 17.7 Å². The first-order valence-electron chi connectivity index (χ1n) is 10.3.